The Hall–Kier alpha value is -2.35. The first-order valence-corrected chi connectivity index (χ1v) is 9.31. The van der Waals surface area contributed by atoms with E-state index in [2.05, 4.69) is 15.2 Å². The second-order valence-corrected chi connectivity index (χ2v) is 7.93. The Balaban J connectivity index is 2.02. The van der Waals surface area contributed by atoms with E-state index in [-0.39, 0.29) is 5.56 Å². The average Bonchev–Trinajstić information content (AvgIpc) is 3.01. The molecule has 8 heteroatoms. The average molecular weight is 387 g/mol. The monoisotopic (exact) mass is 386 g/mol. The van der Waals surface area contributed by atoms with Gasteiger partial charge in [0.1, 0.15) is 0 Å². The number of pyridine rings is 1. The third-order valence-corrected chi connectivity index (χ3v) is 5.74. The van der Waals surface area contributed by atoms with Gasteiger partial charge in [-0.1, -0.05) is 71.1 Å². The Morgan fingerprint density at radius 3 is 2.64 bits per heavy atom. The van der Waals surface area contributed by atoms with Crippen LogP contribution >= 0.6 is 34.7 Å². The molecule has 0 unspecified atom stereocenters. The van der Waals surface area contributed by atoms with Crippen LogP contribution < -0.4 is 11.3 Å². The molecule has 0 fully saturated rings. The van der Waals surface area contributed by atoms with E-state index in [4.69, 9.17) is 17.3 Å². The highest BCUT2D eigenvalue weighted by molar-refractivity contribution is 8.01. The van der Waals surface area contributed by atoms with Gasteiger partial charge in [-0.05, 0) is 17.7 Å². The minimum absolute atomic E-state index is 0.201. The van der Waals surface area contributed by atoms with E-state index in [0.29, 0.717) is 24.9 Å². The third-order valence-electron chi connectivity index (χ3n) is 3.61. The molecule has 0 amide bonds. The smallest absolute Gasteiger partial charge is 0.263 e. The lowest BCUT2D eigenvalue weighted by atomic mass is 10.0. The molecule has 124 valence electrons. The van der Waals surface area contributed by atoms with Crippen LogP contribution in [0.5, 0.6) is 0 Å². The van der Waals surface area contributed by atoms with Crippen molar-refractivity contribution in [2.45, 2.75) is 9.24 Å². The highest BCUT2D eigenvalue weighted by Crippen LogP contribution is 2.39. The molecule has 2 aromatic heterocycles. The van der Waals surface area contributed by atoms with Gasteiger partial charge in [-0.25, -0.2) is 0 Å². The van der Waals surface area contributed by atoms with Gasteiger partial charge >= 0.3 is 0 Å². The summed E-state index contributed by atoms with van der Waals surface area (Å²) in [5.41, 5.74) is 7.94. The summed E-state index contributed by atoms with van der Waals surface area (Å²) in [6.45, 7) is 0. The molecular formula is C17H11ClN4OS2. The zero-order chi connectivity index (χ0) is 17.4. The van der Waals surface area contributed by atoms with Crippen molar-refractivity contribution in [2.75, 3.05) is 5.73 Å². The van der Waals surface area contributed by atoms with E-state index in [9.17, 15) is 4.79 Å². The molecule has 0 bridgehead atoms. The highest BCUT2D eigenvalue weighted by atomic mass is 35.5. The molecule has 0 aliphatic rings. The van der Waals surface area contributed by atoms with Crippen LogP contribution in [0, 0.1) is 0 Å². The summed E-state index contributed by atoms with van der Waals surface area (Å²) in [4.78, 5) is 16.2. The first-order chi connectivity index (χ1) is 12.1. The Bertz CT molecular complexity index is 1120. The van der Waals surface area contributed by atoms with E-state index in [1.165, 1.54) is 23.1 Å². The number of anilines is 1. The fourth-order valence-corrected chi connectivity index (χ4v) is 4.51. The summed E-state index contributed by atoms with van der Waals surface area (Å²) in [7, 11) is 0. The van der Waals surface area contributed by atoms with E-state index >= 15 is 0 Å². The summed E-state index contributed by atoms with van der Waals surface area (Å²) < 4.78 is 0.619. The van der Waals surface area contributed by atoms with Gasteiger partial charge in [-0.2, -0.15) is 0 Å². The van der Waals surface area contributed by atoms with Gasteiger partial charge in [-0.15, -0.1) is 10.2 Å². The molecule has 25 heavy (non-hydrogen) atoms. The maximum Gasteiger partial charge on any atom is 0.263 e. The number of hydrogen-bond acceptors (Lipinski definition) is 6. The van der Waals surface area contributed by atoms with Crippen LogP contribution in [0.3, 0.4) is 0 Å². The molecule has 3 N–H and O–H groups in total. The topological polar surface area (TPSA) is 84.7 Å². The Labute approximate surface area is 155 Å². The summed E-state index contributed by atoms with van der Waals surface area (Å²) in [6, 6.07) is 15.2. The number of benzene rings is 2. The summed E-state index contributed by atoms with van der Waals surface area (Å²) in [6.07, 6.45) is 0. The van der Waals surface area contributed by atoms with E-state index < -0.39 is 0 Å². The number of nitrogens with zero attached hydrogens (tertiary/aromatic N) is 2. The number of hydrogen-bond donors (Lipinski definition) is 2. The van der Waals surface area contributed by atoms with Crippen LogP contribution in [0.2, 0.25) is 5.02 Å². The largest absolute Gasteiger partial charge is 0.374 e. The number of halogens is 1. The van der Waals surface area contributed by atoms with Gasteiger partial charge < -0.3 is 10.7 Å². The van der Waals surface area contributed by atoms with Crippen LogP contribution in [-0.4, -0.2) is 15.2 Å². The number of nitrogens with one attached hydrogen (secondary N) is 1. The van der Waals surface area contributed by atoms with Crippen molar-refractivity contribution in [1.29, 1.82) is 0 Å². The SMILES string of the molecule is Nc1nnc(Sc2c(-c3ccccc3)c3ccc(Cl)cc3[nH]c2=O)s1. The number of nitrogens with two attached hydrogens (primary N) is 1. The lowest BCUT2D eigenvalue weighted by Gasteiger charge is -2.12. The molecule has 0 saturated carbocycles. The molecule has 0 aliphatic heterocycles. The Morgan fingerprint density at radius 2 is 1.92 bits per heavy atom. The van der Waals surface area contributed by atoms with E-state index in [0.717, 1.165) is 16.5 Å². The third kappa shape index (κ3) is 3.13. The molecule has 2 heterocycles. The minimum Gasteiger partial charge on any atom is -0.374 e. The van der Waals surface area contributed by atoms with Crippen LogP contribution in [-0.2, 0) is 0 Å². The maximum absolute atomic E-state index is 12.8. The Kier molecular flexibility index (Phi) is 4.20. The summed E-state index contributed by atoms with van der Waals surface area (Å²) >= 11 is 8.60. The van der Waals surface area contributed by atoms with Crippen molar-refractivity contribution in [3.8, 4) is 11.1 Å². The van der Waals surface area contributed by atoms with Crippen LogP contribution in [0.4, 0.5) is 5.13 Å². The van der Waals surface area contributed by atoms with E-state index in [1.54, 1.807) is 6.07 Å². The molecule has 4 aromatic rings. The molecular weight excluding hydrogens is 376 g/mol. The van der Waals surface area contributed by atoms with Gasteiger partial charge in [0.25, 0.3) is 5.56 Å². The van der Waals surface area contributed by atoms with Gasteiger partial charge in [-0.3, -0.25) is 4.79 Å². The highest BCUT2D eigenvalue weighted by Gasteiger charge is 2.17. The number of H-pyrrole nitrogens is 1. The minimum atomic E-state index is -0.201. The fourth-order valence-electron chi connectivity index (χ4n) is 2.59. The molecule has 0 saturated heterocycles. The van der Waals surface area contributed by atoms with Gasteiger partial charge in [0.2, 0.25) is 5.13 Å². The van der Waals surface area contributed by atoms with Crippen molar-refractivity contribution in [3.05, 3.63) is 63.9 Å². The summed E-state index contributed by atoms with van der Waals surface area (Å²) in [5.74, 6) is 0. The van der Waals surface area contributed by atoms with Crippen LogP contribution in [0.25, 0.3) is 22.0 Å². The zero-order valence-corrected chi connectivity index (χ0v) is 15.1. The normalized spacial score (nSPS) is 11.1. The predicted molar refractivity (Wildman–Crippen MR) is 103 cm³/mol. The quantitative estimate of drug-likeness (QED) is 0.544. The van der Waals surface area contributed by atoms with Crippen LogP contribution in [0.1, 0.15) is 0 Å². The first-order valence-electron chi connectivity index (χ1n) is 7.29. The molecule has 4 rings (SSSR count). The molecule has 2 aromatic carbocycles. The van der Waals surface area contributed by atoms with Crippen molar-refractivity contribution in [1.82, 2.24) is 15.2 Å². The number of fused-ring (bicyclic) bond motifs is 1. The number of aromatic nitrogens is 3. The van der Waals surface area contributed by atoms with Crippen molar-refractivity contribution in [2.24, 2.45) is 0 Å². The first kappa shape index (κ1) is 16.1. The van der Waals surface area contributed by atoms with Crippen LogP contribution in [0.15, 0.2) is 62.6 Å². The van der Waals surface area contributed by atoms with Crippen molar-refractivity contribution in [3.63, 3.8) is 0 Å². The van der Waals surface area contributed by atoms with Gasteiger partial charge in [0, 0.05) is 16.0 Å². The lowest BCUT2D eigenvalue weighted by molar-refractivity contribution is 1.02. The van der Waals surface area contributed by atoms with E-state index in [1.807, 2.05) is 42.5 Å². The fraction of sp³-hybridized carbons (Fsp3) is 0. The predicted octanol–water partition coefficient (Wildman–Crippen LogP) is 4.43. The number of rotatable bonds is 3. The second kappa shape index (κ2) is 6.51. The maximum atomic E-state index is 12.8. The van der Waals surface area contributed by atoms with Crippen molar-refractivity contribution < 1.29 is 0 Å². The van der Waals surface area contributed by atoms with Gasteiger partial charge in [0.05, 0.1) is 10.4 Å². The summed E-state index contributed by atoms with van der Waals surface area (Å²) in [5, 5.41) is 9.68. The Morgan fingerprint density at radius 1 is 1.12 bits per heavy atom. The molecule has 0 radical (unpaired) electrons. The number of aromatic amines is 1. The molecule has 0 aliphatic carbocycles. The number of nitrogen functional groups attached to an aromatic ring is 1. The standard InChI is InChI=1S/C17H11ClN4OS2/c18-10-6-7-11-12(8-10)20-15(23)14(24-17-22-21-16(19)25-17)13(11)9-4-2-1-3-5-9/h1-8H,(H2,19,21)(H,20,23). The molecule has 0 spiro atoms. The van der Waals surface area contributed by atoms with Crippen molar-refractivity contribution >= 4 is 50.7 Å². The van der Waals surface area contributed by atoms with Gasteiger partial charge in [0.15, 0.2) is 4.34 Å². The lowest BCUT2D eigenvalue weighted by Crippen LogP contribution is -2.10. The molecule has 0 atom stereocenters. The molecule has 5 nitrogen and oxygen atoms in total. The second-order valence-electron chi connectivity index (χ2n) is 5.22. The zero-order valence-electron chi connectivity index (χ0n) is 12.7.